The summed E-state index contributed by atoms with van der Waals surface area (Å²) in [5, 5.41) is 2.75. The van der Waals surface area contributed by atoms with Gasteiger partial charge in [-0.1, -0.05) is 56.4 Å². The van der Waals surface area contributed by atoms with Crippen molar-refractivity contribution in [1.29, 1.82) is 0 Å². The molecule has 0 fully saturated rings. The van der Waals surface area contributed by atoms with Crippen molar-refractivity contribution in [3.05, 3.63) is 100 Å². The number of carbonyl (C=O) groups excluding carboxylic acids is 2. The fourth-order valence-electron chi connectivity index (χ4n) is 3.79. The van der Waals surface area contributed by atoms with Crippen molar-refractivity contribution in [2.45, 2.75) is 46.1 Å². The normalized spacial score (nSPS) is 10.3. The number of nitrogens with zero attached hydrogens (tertiary/aromatic N) is 1. The van der Waals surface area contributed by atoms with E-state index in [0.717, 1.165) is 35.6 Å². The van der Waals surface area contributed by atoms with Crippen LogP contribution >= 0.6 is 0 Å². The summed E-state index contributed by atoms with van der Waals surface area (Å²) in [5.41, 5.74) is 4.26. The van der Waals surface area contributed by atoms with E-state index in [1.54, 1.807) is 4.90 Å². The van der Waals surface area contributed by atoms with Gasteiger partial charge in [0.1, 0.15) is 5.82 Å². The molecule has 0 unspecified atom stereocenters. The molecule has 0 aliphatic heterocycles. The van der Waals surface area contributed by atoms with Crippen LogP contribution in [0.1, 0.15) is 65.7 Å². The summed E-state index contributed by atoms with van der Waals surface area (Å²) >= 11 is 0. The predicted octanol–water partition coefficient (Wildman–Crippen LogP) is 6.80. The third-order valence-corrected chi connectivity index (χ3v) is 5.86. The van der Waals surface area contributed by atoms with E-state index in [1.807, 2.05) is 31.2 Å². The van der Waals surface area contributed by atoms with E-state index in [4.69, 9.17) is 0 Å². The first kappa shape index (κ1) is 27.5. The number of aryl methyl sites for hydroxylation is 1. The minimum Gasteiger partial charge on any atom is -0.465 e. The van der Waals surface area contributed by atoms with Crippen LogP contribution in [-0.2, 0) is 17.7 Å². The molecule has 3 aromatic rings. The highest BCUT2D eigenvalue weighted by atomic mass is 19.1. The largest absolute Gasteiger partial charge is 0.465 e. The number of carbonyl (C=O) groups is 2. The second-order valence-electron chi connectivity index (χ2n) is 8.79. The molecule has 6 heteroatoms. The van der Waals surface area contributed by atoms with Crippen LogP contribution in [0.3, 0.4) is 0 Å². The van der Waals surface area contributed by atoms with Gasteiger partial charge in [-0.05, 0) is 72.9 Å². The lowest BCUT2D eigenvalue weighted by Crippen LogP contribution is -2.35. The van der Waals surface area contributed by atoms with Gasteiger partial charge >= 0.3 is 12.0 Å². The summed E-state index contributed by atoms with van der Waals surface area (Å²) in [6, 6.07) is 19.7. The zero-order valence-corrected chi connectivity index (χ0v) is 21.6. The van der Waals surface area contributed by atoms with Crippen LogP contribution in [0.15, 0.2) is 66.7 Å². The average Bonchev–Trinajstić information content (AvgIpc) is 2.92. The van der Waals surface area contributed by atoms with Crippen LogP contribution in [0.25, 0.3) is 0 Å². The van der Waals surface area contributed by atoms with E-state index in [0.29, 0.717) is 18.8 Å². The monoisotopic (exact) mass is 500 g/mol. The molecule has 0 atom stereocenters. The number of anilines is 1. The highest BCUT2D eigenvalue weighted by molar-refractivity contribution is 5.94. The number of urea groups is 1. The number of ether oxygens (including phenoxy) is 1. The molecule has 0 aliphatic rings. The summed E-state index contributed by atoms with van der Waals surface area (Å²) < 4.78 is 18.5. The van der Waals surface area contributed by atoms with Gasteiger partial charge < -0.3 is 15.0 Å². The van der Waals surface area contributed by atoms with Crippen molar-refractivity contribution < 1.29 is 18.7 Å². The second kappa shape index (κ2) is 13.8. The number of halogens is 1. The lowest BCUT2D eigenvalue weighted by molar-refractivity contribution is 0.0595. The number of nitrogens with one attached hydrogen (secondary N) is 1. The van der Waals surface area contributed by atoms with E-state index in [-0.39, 0.29) is 11.6 Å². The molecule has 2 amide bonds. The van der Waals surface area contributed by atoms with Gasteiger partial charge in [-0.15, -0.1) is 0 Å². The summed E-state index contributed by atoms with van der Waals surface area (Å²) in [6.45, 7) is 5.12. The molecule has 1 N–H and O–H groups in total. The lowest BCUT2D eigenvalue weighted by atomic mass is 10.1. The predicted molar refractivity (Wildman–Crippen MR) is 145 cm³/mol. The van der Waals surface area contributed by atoms with Gasteiger partial charge in [-0.3, -0.25) is 0 Å². The molecule has 3 aromatic carbocycles. The minimum atomic E-state index is -0.800. The van der Waals surface area contributed by atoms with Crippen molar-refractivity contribution in [2.75, 3.05) is 19.0 Å². The first-order valence-electron chi connectivity index (χ1n) is 12.6. The Morgan fingerprint density at radius 3 is 2.08 bits per heavy atom. The van der Waals surface area contributed by atoms with Crippen molar-refractivity contribution >= 4 is 17.7 Å². The SMILES string of the molecule is CCCCc1ccc(C#Cc2ccc(CN(CCC)C(=O)Nc3ccc(F)c(C(=O)OC)c3)cc2)cc1. The Hall–Kier alpha value is -4.11. The molecule has 37 heavy (non-hydrogen) atoms. The number of benzene rings is 3. The van der Waals surface area contributed by atoms with Crippen LogP contribution in [0.5, 0.6) is 0 Å². The molecule has 0 radical (unpaired) electrons. The van der Waals surface area contributed by atoms with Gasteiger partial charge in [-0.25, -0.2) is 14.0 Å². The third kappa shape index (κ3) is 8.22. The fraction of sp³-hybridized carbons (Fsp3) is 0.290. The molecule has 0 aromatic heterocycles. The molecule has 0 aliphatic carbocycles. The number of unbranched alkanes of at least 4 members (excludes halogenated alkanes) is 1. The molecule has 3 rings (SSSR count). The number of amides is 2. The summed E-state index contributed by atoms with van der Waals surface area (Å²) in [7, 11) is 1.18. The van der Waals surface area contributed by atoms with Gasteiger partial charge in [0, 0.05) is 29.9 Å². The van der Waals surface area contributed by atoms with Crippen LogP contribution in [0.4, 0.5) is 14.9 Å². The second-order valence-corrected chi connectivity index (χ2v) is 8.79. The molecule has 0 heterocycles. The molecule has 5 nitrogen and oxygen atoms in total. The maximum absolute atomic E-state index is 13.9. The van der Waals surface area contributed by atoms with Crippen LogP contribution in [0.2, 0.25) is 0 Å². The number of methoxy groups -OCH3 is 1. The maximum atomic E-state index is 13.9. The molecular formula is C31H33FN2O3. The number of hydrogen-bond acceptors (Lipinski definition) is 3. The first-order chi connectivity index (χ1) is 17.9. The smallest absolute Gasteiger partial charge is 0.340 e. The quantitative estimate of drug-likeness (QED) is 0.260. The van der Waals surface area contributed by atoms with Crippen LogP contribution < -0.4 is 5.32 Å². The fourth-order valence-corrected chi connectivity index (χ4v) is 3.79. The lowest BCUT2D eigenvalue weighted by Gasteiger charge is -2.23. The van der Waals surface area contributed by atoms with Crippen molar-refractivity contribution in [2.24, 2.45) is 0 Å². The molecule has 0 saturated heterocycles. The first-order valence-corrected chi connectivity index (χ1v) is 12.6. The minimum absolute atomic E-state index is 0.230. The Bertz CT molecular complexity index is 1260. The average molecular weight is 501 g/mol. The van der Waals surface area contributed by atoms with Crippen molar-refractivity contribution in [3.8, 4) is 11.8 Å². The highest BCUT2D eigenvalue weighted by Crippen LogP contribution is 2.17. The molecule has 0 spiro atoms. The van der Waals surface area contributed by atoms with Crippen LogP contribution in [0, 0.1) is 17.7 Å². The van der Waals surface area contributed by atoms with E-state index < -0.39 is 11.8 Å². The molecule has 0 saturated carbocycles. The van der Waals surface area contributed by atoms with E-state index >= 15 is 0 Å². The highest BCUT2D eigenvalue weighted by Gasteiger charge is 2.17. The van der Waals surface area contributed by atoms with Gasteiger partial charge in [0.15, 0.2) is 0 Å². The van der Waals surface area contributed by atoms with Gasteiger partial charge in [0.25, 0.3) is 0 Å². The summed E-state index contributed by atoms with van der Waals surface area (Å²) in [4.78, 5) is 26.4. The standard InChI is InChI=1S/C31H33FN2O3/c1-4-6-7-23-8-10-24(11-9-23)12-13-25-14-16-26(17-15-25)22-34(20-5-2)31(36)33-27-18-19-29(32)28(21-27)30(35)37-3/h8-11,14-19,21H,4-7,20,22H2,1-3H3,(H,33,36). The summed E-state index contributed by atoms with van der Waals surface area (Å²) in [6.07, 6.45) is 4.24. The van der Waals surface area contributed by atoms with E-state index in [9.17, 15) is 14.0 Å². The number of esters is 1. The number of rotatable bonds is 9. The van der Waals surface area contributed by atoms with Gasteiger partial charge in [0.05, 0.1) is 12.7 Å². The van der Waals surface area contributed by atoms with Gasteiger partial charge in [-0.2, -0.15) is 0 Å². The van der Waals surface area contributed by atoms with Gasteiger partial charge in [0.2, 0.25) is 0 Å². The Morgan fingerprint density at radius 2 is 1.51 bits per heavy atom. The maximum Gasteiger partial charge on any atom is 0.340 e. The molecular weight excluding hydrogens is 467 g/mol. The van der Waals surface area contributed by atoms with E-state index in [2.05, 4.69) is 53.1 Å². The zero-order valence-electron chi connectivity index (χ0n) is 21.6. The van der Waals surface area contributed by atoms with Crippen molar-refractivity contribution in [1.82, 2.24) is 4.90 Å². The molecule has 192 valence electrons. The number of hydrogen-bond donors (Lipinski definition) is 1. The zero-order chi connectivity index (χ0) is 26.6. The Labute approximate surface area is 218 Å². The van der Waals surface area contributed by atoms with E-state index in [1.165, 1.54) is 37.6 Å². The van der Waals surface area contributed by atoms with Crippen LogP contribution in [-0.4, -0.2) is 30.6 Å². The summed E-state index contributed by atoms with van der Waals surface area (Å²) in [5.74, 6) is 4.90. The Balaban J connectivity index is 1.64. The Morgan fingerprint density at radius 1 is 0.892 bits per heavy atom. The Kier molecular flexibility index (Phi) is 10.3. The van der Waals surface area contributed by atoms with Crippen molar-refractivity contribution in [3.63, 3.8) is 0 Å². The molecule has 0 bridgehead atoms. The third-order valence-electron chi connectivity index (χ3n) is 5.86. The topological polar surface area (TPSA) is 58.6 Å².